The number of amides is 2. The van der Waals surface area contributed by atoms with Gasteiger partial charge in [0.2, 0.25) is 5.91 Å². The molecule has 1 heterocycles. The largest absolute Gasteiger partial charge is 0.361 e. The summed E-state index contributed by atoms with van der Waals surface area (Å²) in [5.41, 5.74) is 3.00. The Morgan fingerprint density at radius 1 is 0.973 bits per heavy atom. The van der Waals surface area contributed by atoms with E-state index < -0.39 is 17.8 Å². The fourth-order valence-corrected chi connectivity index (χ4v) is 4.89. The first-order valence-electron chi connectivity index (χ1n) is 12.5. The number of fused-ring (bicyclic) bond motifs is 1. The van der Waals surface area contributed by atoms with Gasteiger partial charge in [0.1, 0.15) is 11.9 Å². The monoisotopic (exact) mass is 519 g/mol. The van der Waals surface area contributed by atoms with Gasteiger partial charge in [0.15, 0.2) is 0 Å². The molecule has 5 nitrogen and oxygen atoms in total. The zero-order chi connectivity index (χ0) is 26.4. The molecule has 0 bridgehead atoms. The Hall–Kier alpha value is -3.64. The van der Waals surface area contributed by atoms with Crippen LogP contribution in [0.15, 0.2) is 79.0 Å². The highest BCUT2D eigenvalue weighted by Gasteiger charge is 2.31. The van der Waals surface area contributed by atoms with Gasteiger partial charge in [0.25, 0.3) is 5.91 Å². The Bertz CT molecular complexity index is 1360. The molecule has 2 amide bonds. The van der Waals surface area contributed by atoms with Crippen molar-refractivity contribution < 1.29 is 14.0 Å². The van der Waals surface area contributed by atoms with Crippen LogP contribution in [0.2, 0.25) is 5.02 Å². The van der Waals surface area contributed by atoms with Gasteiger partial charge in [-0.15, -0.1) is 0 Å². The van der Waals surface area contributed by atoms with E-state index in [-0.39, 0.29) is 16.9 Å². The molecule has 0 aliphatic rings. The summed E-state index contributed by atoms with van der Waals surface area (Å²) >= 11 is 6.10. The number of aromatic amines is 1. The fourth-order valence-electron chi connectivity index (χ4n) is 4.77. The molecule has 0 radical (unpaired) electrons. The molecule has 0 saturated carbocycles. The molecule has 4 rings (SSSR count). The van der Waals surface area contributed by atoms with E-state index in [1.54, 1.807) is 0 Å². The molecule has 4 aromatic rings. The van der Waals surface area contributed by atoms with Crippen molar-refractivity contribution in [3.63, 3.8) is 0 Å². The number of para-hydroxylation sites is 1. The van der Waals surface area contributed by atoms with Gasteiger partial charge >= 0.3 is 0 Å². The summed E-state index contributed by atoms with van der Waals surface area (Å²) in [5.74, 6) is -1.14. The predicted molar refractivity (Wildman–Crippen MR) is 146 cm³/mol. The number of hydrogen-bond donors (Lipinski definition) is 3. The van der Waals surface area contributed by atoms with Gasteiger partial charge < -0.3 is 15.6 Å². The van der Waals surface area contributed by atoms with Crippen molar-refractivity contribution in [2.45, 2.75) is 44.6 Å². The lowest BCUT2D eigenvalue weighted by Gasteiger charge is -2.33. The van der Waals surface area contributed by atoms with Crippen molar-refractivity contribution in [3.8, 4) is 0 Å². The topological polar surface area (TPSA) is 74.0 Å². The molecular formula is C30H31ClFN3O2. The molecule has 0 spiro atoms. The van der Waals surface area contributed by atoms with Crippen molar-refractivity contribution in [1.29, 1.82) is 0 Å². The summed E-state index contributed by atoms with van der Waals surface area (Å²) in [5, 5.41) is 7.64. The van der Waals surface area contributed by atoms with Crippen LogP contribution < -0.4 is 10.6 Å². The number of carbonyl (C=O) groups excluding carboxylic acids is 2. The van der Waals surface area contributed by atoms with Crippen LogP contribution >= 0.6 is 11.6 Å². The molecule has 3 N–H and O–H groups in total. The third kappa shape index (κ3) is 6.03. The summed E-state index contributed by atoms with van der Waals surface area (Å²) in [6, 6.07) is 20.0. The number of rotatable bonds is 10. The molecule has 0 fully saturated rings. The number of benzene rings is 3. The zero-order valence-electron chi connectivity index (χ0n) is 21.0. The second kappa shape index (κ2) is 11.6. The Kier molecular flexibility index (Phi) is 8.29. The Labute approximate surface area is 221 Å². The number of H-pyrrole nitrogens is 1. The number of nitrogens with one attached hydrogen (secondary N) is 3. The molecule has 192 valence electrons. The van der Waals surface area contributed by atoms with E-state index >= 15 is 0 Å². The number of hydrogen-bond acceptors (Lipinski definition) is 2. The zero-order valence-corrected chi connectivity index (χ0v) is 21.7. The Morgan fingerprint density at radius 2 is 1.65 bits per heavy atom. The van der Waals surface area contributed by atoms with Crippen molar-refractivity contribution in [3.05, 3.63) is 107 Å². The Balaban J connectivity index is 1.57. The van der Waals surface area contributed by atoms with Gasteiger partial charge in [0.05, 0.1) is 0 Å². The quantitative estimate of drug-likeness (QED) is 0.234. The van der Waals surface area contributed by atoms with Crippen LogP contribution in [0.4, 0.5) is 4.39 Å². The minimum absolute atomic E-state index is 0.271. The number of halogens is 2. The maximum atomic E-state index is 13.6. The first-order valence-corrected chi connectivity index (χ1v) is 12.9. The summed E-state index contributed by atoms with van der Waals surface area (Å²) < 4.78 is 13.4. The molecule has 0 saturated heterocycles. The summed E-state index contributed by atoms with van der Waals surface area (Å²) in [6.07, 6.45) is 3.81. The van der Waals surface area contributed by atoms with Crippen LogP contribution in [0.25, 0.3) is 10.9 Å². The van der Waals surface area contributed by atoms with Crippen LogP contribution in [0.1, 0.15) is 48.2 Å². The lowest BCUT2D eigenvalue weighted by Crippen LogP contribution is -2.51. The van der Waals surface area contributed by atoms with Gasteiger partial charge in [-0.05, 0) is 66.4 Å². The van der Waals surface area contributed by atoms with Gasteiger partial charge in [0, 0.05) is 46.1 Å². The average molecular weight is 520 g/mol. The summed E-state index contributed by atoms with van der Waals surface area (Å²) in [7, 11) is 0. The van der Waals surface area contributed by atoms with E-state index in [0.29, 0.717) is 18.0 Å². The molecule has 3 aromatic carbocycles. The minimum Gasteiger partial charge on any atom is -0.361 e. The third-order valence-corrected chi connectivity index (χ3v) is 7.49. The van der Waals surface area contributed by atoms with Crippen molar-refractivity contribution in [2.75, 3.05) is 6.54 Å². The van der Waals surface area contributed by atoms with Gasteiger partial charge in [-0.2, -0.15) is 0 Å². The number of carbonyl (C=O) groups is 2. The van der Waals surface area contributed by atoms with E-state index in [2.05, 4.69) is 29.5 Å². The molecule has 7 heteroatoms. The molecule has 0 aliphatic carbocycles. The molecule has 0 unspecified atom stereocenters. The standard InChI is InChI=1S/C30H31ClFN3O2/c1-3-30(4-2,22-11-13-23(31)14-12-22)19-34-29(37)27(35-28(36)20-9-15-24(32)16-10-20)17-21-18-33-26-8-6-5-7-25(21)26/h5-16,18,27,33H,3-4,17,19H2,1-2H3,(H,34,37)(H,35,36)/t27-/m1/s1. The SMILES string of the molecule is CCC(CC)(CNC(=O)[C@@H](Cc1c[nH]c2ccccc12)NC(=O)c1ccc(F)cc1)c1ccc(Cl)cc1. The highest BCUT2D eigenvalue weighted by molar-refractivity contribution is 6.30. The second-order valence-electron chi connectivity index (χ2n) is 9.31. The maximum absolute atomic E-state index is 13.6. The first kappa shape index (κ1) is 26.4. The number of aromatic nitrogens is 1. The molecule has 0 aliphatic heterocycles. The van der Waals surface area contributed by atoms with Crippen LogP contribution in [0, 0.1) is 5.82 Å². The second-order valence-corrected chi connectivity index (χ2v) is 9.75. The highest BCUT2D eigenvalue weighted by atomic mass is 35.5. The van der Waals surface area contributed by atoms with Crippen molar-refractivity contribution in [2.24, 2.45) is 0 Å². The van der Waals surface area contributed by atoms with Crippen LogP contribution in [0.3, 0.4) is 0 Å². The van der Waals surface area contributed by atoms with Gasteiger partial charge in [-0.3, -0.25) is 9.59 Å². The molecule has 1 atom stereocenters. The van der Waals surface area contributed by atoms with Gasteiger partial charge in [-0.1, -0.05) is 55.8 Å². The lowest BCUT2D eigenvalue weighted by atomic mass is 9.75. The highest BCUT2D eigenvalue weighted by Crippen LogP contribution is 2.32. The van der Waals surface area contributed by atoms with Gasteiger partial charge in [-0.25, -0.2) is 4.39 Å². The predicted octanol–water partition coefficient (Wildman–Crippen LogP) is 6.18. The molecule has 37 heavy (non-hydrogen) atoms. The van der Waals surface area contributed by atoms with E-state index in [4.69, 9.17) is 11.6 Å². The van der Waals surface area contributed by atoms with E-state index in [1.807, 2.05) is 54.7 Å². The van der Waals surface area contributed by atoms with Crippen molar-refractivity contribution in [1.82, 2.24) is 15.6 Å². The van der Waals surface area contributed by atoms with Crippen LogP contribution in [-0.2, 0) is 16.6 Å². The first-order chi connectivity index (χ1) is 17.8. The lowest BCUT2D eigenvalue weighted by molar-refractivity contribution is -0.123. The van der Waals surface area contributed by atoms with E-state index in [1.165, 1.54) is 24.3 Å². The third-order valence-electron chi connectivity index (χ3n) is 7.24. The molecule has 1 aromatic heterocycles. The van der Waals surface area contributed by atoms with Crippen LogP contribution in [0.5, 0.6) is 0 Å². The maximum Gasteiger partial charge on any atom is 0.251 e. The van der Waals surface area contributed by atoms with E-state index in [9.17, 15) is 14.0 Å². The summed E-state index contributed by atoms with van der Waals surface area (Å²) in [4.78, 5) is 29.8. The van der Waals surface area contributed by atoms with E-state index in [0.717, 1.165) is 34.9 Å². The van der Waals surface area contributed by atoms with Crippen molar-refractivity contribution >= 4 is 34.3 Å². The average Bonchev–Trinajstić information content (AvgIpc) is 3.33. The van der Waals surface area contributed by atoms with Crippen LogP contribution in [-0.4, -0.2) is 29.4 Å². The molecular weight excluding hydrogens is 489 g/mol. The summed E-state index contributed by atoms with van der Waals surface area (Å²) in [6.45, 7) is 4.62. The minimum atomic E-state index is -0.826. The fraction of sp³-hybridized carbons (Fsp3) is 0.267. The Morgan fingerprint density at radius 3 is 2.32 bits per heavy atom. The smallest absolute Gasteiger partial charge is 0.251 e. The normalized spacial score (nSPS) is 12.3.